The molecular weight excluding hydrogens is 695 g/mol. The van der Waals surface area contributed by atoms with Crippen LogP contribution in [0.5, 0.6) is 0 Å². The zero-order chi connectivity index (χ0) is 37.9. The third-order valence-corrected chi connectivity index (χ3v) is 16.0. The van der Waals surface area contributed by atoms with Crippen molar-refractivity contribution in [3.8, 4) is 11.1 Å². The maximum absolute atomic E-state index is 4.13. The second kappa shape index (κ2) is 13.4. The fraction of sp³-hybridized carbons (Fsp3) is 0.0741. The van der Waals surface area contributed by atoms with Crippen LogP contribution in [-0.2, 0) is 5.41 Å². The van der Waals surface area contributed by atoms with E-state index in [4.69, 9.17) is 0 Å². The van der Waals surface area contributed by atoms with Gasteiger partial charge in [-0.2, -0.15) is 0 Å². The molecule has 1 nitrogen and oxygen atoms in total. The molecule has 2 aliphatic rings. The largest absolute Gasteiger partial charge is 0.336 e. The van der Waals surface area contributed by atoms with E-state index in [1.165, 1.54) is 85.9 Å². The van der Waals surface area contributed by atoms with E-state index in [1.54, 1.807) is 0 Å². The molecular formula is C54H43NS. The van der Waals surface area contributed by atoms with Gasteiger partial charge in [0.2, 0.25) is 0 Å². The SMILES string of the molecule is C=C/C=C\C1=C(CN(c2ccccc2)c2ccc3c(c2)C(C)(C)c2ccccc2-3)S(c2ccc3ccccc3c2)(c2ccc3ccccc3c2)c2ccccc21. The Morgan fingerprint density at radius 2 is 1.09 bits per heavy atom. The zero-order valence-corrected chi connectivity index (χ0v) is 32.6. The van der Waals surface area contributed by atoms with Gasteiger partial charge in [0.25, 0.3) is 0 Å². The molecule has 0 amide bonds. The van der Waals surface area contributed by atoms with Crippen LogP contribution in [-0.4, -0.2) is 6.54 Å². The first kappa shape index (κ1) is 34.2. The third-order valence-electron chi connectivity index (χ3n) is 12.0. The van der Waals surface area contributed by atoms with Crippen LogP contribution in [0.25, 0.3) is 38.2 Å². The summed E-state index contributed by atoms with van der Waals surface area (Å²) in [6, 6.07) is 68.2. The summed E-state index contributed by atoms with van der Waals surface area (Å²) in [6.07, 6.45) is 6.33. The van der Waals surface area contributed by atoms with Gasteiger partial charge in [0, 0.05) is 36.4 Å². The van der Waals surface area contributed by atoms with Crippen molar-refractivity contribution < 1.29 is 0 Å². The summed E-state index contributed by atoms with van der Waals surface area (Å²) in [5.74, 6) is 0. The van der Waals surface area contributed by atoms with Crippen LogP contribution in [0.4, 0.5) is 11.4 Å². The molecule has 56 heavy (non-hydrogen) atoms. The van der Waals surface area contributed by atoms with Crippen molar-refractivity contribution in [2.75, 3.05) is 11.4 Å². The van der Waals surface area contributed by atoms with Crippen LogP contribution in [0.3, 0.4) is 0 Å². The number of allylic oxidation sites excluding steroid dienone is 4. The van der Waals surface area contributed by atoms with E-state index in [9.17, 15) is 0 Å². The Labute approximate surface area is 331 Å². The molecule has 8 aromatic rings. The van der Waals surface area contributed by atoms with Crippen molar-refractivity contribution in [1.29, 1.82) is 0 Å². The van der Waals surface area contributed by atoms with E-state index in [0.717, 1.165) is 0 Å². The molecule has 0 unspecified atom stereocenters. The highest BCUT2D eigenvalue weighted by atomic mass is 32.3. The molecule has 1 aliphatic heterocycles. The number of rotatable bonds is 8. The lowest BCUT2D eigenvalue weighted by atomic mass is 9.82. The lowest BCUT2D eigenvalue weighted by Gasteiger charge is -2.43. The van der Waals surface area contributed by atoms with E-state index in [-0.39, 0.29) is 5.41 Å². The van der Waals surface area contributed by atoms with E-state index < -0.39 is 10.0 Å². The van der Waals surface area contributed by atoms with Gasteiger partial charge < -0.3 is 4.90 Å². The number of nitrogens with zero attached hydrogens (tertiary/aromatic N) is 1. The van der Waals surface area contributed by atoms with E-state index in [0.29, 0.717) is 6.54 Å². The molecule has 1 heterocycles. The van der Waals surface area contributed by atoms with Crippen molar-refractivity contribution in [3.05, 3.63) is 228 Å². The van der Waals surface area contributed by atoms with Crippen LogP contribution in [0, 0.1) is 0 Å². The van der Waals surface area contributed by atoms with Gasteiger partial charge in [-0.15, -0.1) is 10.0 Å². The molecule has 0 saturated carbocycles. The second-order valence-corrected chi connectivity index (χ2v) is 18.5. The van der Waals surface area contributed by atoms with Crippen LogP contribution in [0.2, 0.25) is 0 Å². The third kappa shape index (κ3) is 5.24. The van der Waals surface area contributed by atoms with Gasteiger partial charge >= 0.3 is 0 Å². The highest BCUT2D eigenvalue weighted by Gasteiger charge is 2.44. The Hall–Kier alpha value is -6.35. The average molecular weight is 738 g/mol. The van der Waals surface area contributed by atoms with Crippen LogP contribution < -0.4 is 4.90 Å². The minimum Gasteiger partial charge on any atom is -0.336 e. The van der Waals surface area contributed by atoms with E-state index in [1.807, 2.05) is 6.08 Å². The molecule has 0 spiro atoms. The summed E-state index contributed by atoms with van der Waals surface area (Å²) in [7, 11) is -2.02. The van der Waals surface area contributed by atoms with Crippen LogP contribution in [0.15, 0.2) is 226 Å². The number of fused-ring (bicyclic) bond motifs is 6. The molecule has 0 N–H and O–H groups in total. The molecule has 1 aliphatic carbocycles. The van der Waals surface area contributed by atoms with Gasteiger partial charge in [-0.25, -0.2) is 0 Å². The summed E-state index contributed by atoms with van der Waals surface area (Å²) in [4.78, 5) is 8.03. The monoisotopic (exact) mass is 737 g/mol. The summed E-state index contributed by atoms with van der Waals surface area (Å²) in [5.41, 5.74) is 10.2. The Balaban J connectivity index is 1.27. The fourth-order valence-electron chi connectivity index (χ4n) is 9.27. The molecule has 2 heteroatoms. The Kier molecular flexibility index (Phi) is 8.20. The fourth-order valence-corrected chi connectivity index (χ4v) is 13.7. The quantitative estimate of drug-likeness (QED) is 0.140. The van der Waals surface area contributed by atoms with Gasteiger partial charge in [0.1, 0.15) is 0 Å². The zero-order valence-electron chi connectivity index (χ0n) is 31.8. The van der Waals surface area contributed by atoms with Crippen LogP contribution in [0.1, 0.15) is 30.5 Å². The summed E-state index contributed by atoms with van der Waals surface area (Å²) in [6.45, 7) is 9.57. The highest BCUT2D eigenvalue weighted by Crippen LogP contribution is 2.79. The van der Waals surface area contributed by atoms with E-state index >= 15 is 0 Å². The molecule has 270 valence electrons. The molecule has 0 saturated heterocycles. The molecule has 8 aromatic carbocycles. The minimum atomic E-state index is -2.02. The lowest BCUT2D eigenvalue weighted by molar-refractivity contribution is 0.660. The molecule has 0 bridgehead atoms. The highest BCUT2D eigenvalue weighted by molar-refractivity contribution is 8.37. The number of anilines is 2. The molecule has 0 fully saturated rings. The first-order chi connectivity index (χ1) is 27.5. The molecule has 0 aromatic heterocycles. The normalized spacial score (nSPS) is 15.5. The lowest BCUT2D eigenvalue weighted by Crippen LogP contribution is -2.23. The Morgan fingerprint density at radius 1 is 0.518 bits per heavy atom. The van der Waals surface area contributed by atoms with Crippen LogP contribution >= 0.6 is 10.0 Å². The van der Waals surface area contributed by atoms with Gasteiger partial charge in [0.15, 0.2) is 0 Å². The number of para-hydroxylation sites is 1. The van der Waals surface area contributed by atoms with Gasteiger partial charge in [-0.05, 0) is 110 Å². The predicted octanol–water partition coefficient (Wildman–Crippen LogP) is 14.9. The van der Waals surface area contributed by atoms with Crippen molar-refractivity contribution in [2.45, 2.75) is 33.9 Å². The van der Waals surface area contributed by atoms with E-state index in [2.05, 4.69) is 219 Å². The van der Waals surface area contributed by atoms with Gasteiger partial charge in [-0.3, -0.25) is 0 Å². The standard InChI is InChI=1S/C54H43NS/c1-4-5-23-49-48-25-14-16-27-52(48)56(44-31-28-38-17-9-11-19-40(38)34-44,45-32-29-39-18-10-12-20-41(39)35-45)53(49)37-55(42-21-7-6-8-22-42)43-30-33-47-46-24-13-15-26-50(46)54(2,3)51(47)36-43/h4-36H,1,37H2,2-3H3/b23-5-. The van der Waals surface area contributed by atoms with Crippen molar-refractivity contribution in [2.24, 2.45) is 0 Å². The summed E-state index contributed by atoms with van der Waals surface area (Å²) < 4.78 is 0. The van der Waals surface area contributed by atoms with Crippen molar-refractivity contribution >= 4 is 48.5 Å². The topological polar surface area (TPSA) is 3.24 Å². The molecule has 0 radical (unpaired) electrons. The first-order valence-electron chi connectivity index (χ1n) is 19.5. The predicted molar refractivity (Wildman–Crippen MR) is 240 cm³/mol. The number of benzene rings is 8. The number of hydrogen-bond acceptors (Lipinski definition) is 1. The summed E-state index contributed by atoms with van der Waals surface area (Å²) >= 11 is 0. The smallest absolute Gasteiger partial charge is 0.0541 e. The van der Waals surface area contributed by atoms with Crippen molar-refractivity contribution in [3.63, 3.8) is 0 Å². The summed E-state index contributed by atoms with van der Waals surface area (Å²) in [5, 5.41) is 5.01. The minimum absolute atomic E-state index is 0.115. The van der Waals surface area contributed by atoms with Gasteiger partial charge in [0.05, 0.1) is 6.54 Å². The van der Waals surface area contributed by atoms with Crippen molar-refractivity contribution in [1.82, 2.24) is 0 Å². The molecule has 0 atom stereocenters. The maximum Gasteiger partial charge on any atom is 0.0541 e. The Bertz CT molecular complexity index is 2810. The maximum atomic E-state index is 4.13. The average Bonchev–Trinajstić information content (AvgIpc) is 3.66. The Morgan fingerprint density at radius 3 is 1.77 bits per heavy atom. The number of hydrogen-bond donors (Lipinski definition) is 0. The molecule has 10 rings (SSSR count). The van der Waals surface area contributed by atoms with Gasteiger partial charge in [-0.1, -0.05) is 166 Å². The second-order valence-electron chi connectivity index (χ2n) is 15.4. The first-order valence-corrected chi connectivity index (χ1v) is 21.1.